The van der Waals surface area contributed by atoms with Gasteiger partial charge < -0.3 is 34.8 Å². The number of carbonyl (C=O) groups is 1. The van der Waals surface area contributed by atoms with Crippen molar-refractivity contribution in [2.24, 2.45) is 0 Å². The molecule has 5 rings (SSSR count). The number of carbonyl (C=O) groups excluding carboxylic acids is 1. The number of hydrogen-bond donors (Lipinski definition) is 4. The SMILES string of the molecule is C[C@H]1COCCN1c1ccc(Nc2ncc(F)c(Nc3ccc4c(n3)N(COP(=O)(O)O)C(=O)C(C)(C)O4)n2)cn1. The summed E-state index contributed by atoms with van der Waals surface area (Å²) in [6.07, 6.45) is 2.60. The molecule has 0 radical (unpaired) electrons. The van der Waals surface area contributed by atoms with Gasteiger partial charge in [-0.05, 0) is 45.0 Å². The van der Waals surface area contributed by atoms with Crippen LogP contribution in [0.25, 0.3) is 0 Å². The molecule has 41 heavy (non-hydrogen) atoms. The van der Waals surface area contributed by atoms with E-state index in [1.165, 1.54) is 26.0 Å². The van der Waals surface area contributed by atoms with Crippen molar-refractivity contribution < 1.29 is 37.5 Å². The minimum Gasteiger partial charge on any atom is -0.474 e. The molecular weight excluding hydrogens is 562 g/mol. The Morgan fingerprint density at radius 1 is 1.17 bits per heavy atom. The lowest BCUT2D eigenvalue weighted by Gasteiger charge is -2.37. The molecular formula is C24H28FN8O7P. The van der Waals surface area contributed by atoms with Crippen molar-refractivity contribution in [1.29, 1.82) is 0 Å². The fourth-order valence-electron chi connectivity index (χ4n) is 4.23. The van der Waals surface area contributed by atoms with Gasteiger partial charge in [0.2, 0.25) is 5.95 Å². The summed E-state index contributed by atoms with van der Waals surface area (Å²) in [7, 11) is -4.90. The Labute approximate surface area is 233 Å². The fourth-order valence-corrected chi connectivity index (χ4v) is 4.50. The number of phosphoric acid groups is 1. The summed E-state index contributed by atoms with van der Waals surface area (Å²) in [6, 6.07) is 6.81. The van der Waals surface area contributed by atoms with Gasteiger partial charge in [-0.1, -0.05) is 0 Å². The van der Waals surface area contributed by atoms with E-state index >= 15 is 0 Å². The highest BCUT2D eigenvalue weighted by Crippen LogP contribution is 2.41. The average molecular weight is 591 g/mol. The number of rotatable bonds is 8. The van der Waals surface area contributed by atoms with Crippen LogP contribution >= 0.6 is 7.82 Å². The van der Waals surface area contributed by atoms with Crippen molar-refractivity contribution in [3.8, 4) is 5.75 Å². The molecule has 5 heterocycles. The van der Waals surface area contributed by atoms with Crippen LogP contribution in [0.3, 0.4) is 0 Å². The Morgan fingerprint density at radius 3 is 2.68 bits per heavy atom. The predicted octanol–water partition coefficient (Wildman–Crippen LogP) is 2.69. The van der Waals surface area contributed by atoms with Gasteiger partial charge >= 0.3 is 7.82 Å². The second-order valence-corrected chi connectivity index (χ2v) is 11.0. The van der Waals surface area contributed by atoms with E-state index in [4.69, 9.17) is 19.3 Å². The minimum atomic E-state index is -4.90. The zero-order valence-corrected chi connectivity index (χ0v) is 23.2. The van der Waals surface area contributed by atoms with Gasteiger partial charge in [0.15, 0.2) is 28.8 Å². The maximum Gasteiger partial charge on any atom is 0.471 e. The van der Waals surface area contributed by atoms with Crippen molar-refractivity contribution in [3.63, 3.8) is 0 Å². The maximum absolute atomic E-state index is 14.7. The van der Waals surface area contributed by atoms with Gasteiger partial charge in [0.25, 0.3) is 5.91 Å². The second-order valence-electron chi connectivity index (χ2n) is 9.78. The third kappa shape index (κ3) is 6.52. The molecule has 1 atom stereocenters. The Hall–Kier alpha value is -3.95. The first-order chi connectivity index (χ1) is 19.4. The van der Waals surface area contributed by atoms with E-state index in [0.717, 1.165) is 23.5 Å². The second kappa shape index (κ2) is 11.1. The number of hydrogen-bond acceptors (Lipinski definition) is 12. The molecule has 0 saturated carbocycles. The molecule has 1 saturated heterocycles. The van der Waals surface area contributed by atoms with E-state index in [2.05, 4.69) is 46.9 Å². The fraction of sp³-hybridized carbons (Fsp3) is 0.375. The molecule has 1 fully saturated rings. The molecule has 0 bridgehead atoms. The van der Waals surface area contributed by atoms with Crippen molar-refractivity contribution in [2.75, 3.05) is 46.9 Å². The molecule has 0 spiro atoms. The van der Waals surface area contributed by atoms with E-state index in [1.807, 2.05) is 12.1 Å². The van der Waals surface area contributed by atoms with E-state index in [9.17, 15) is 13.8 Å². The lowest BCUT2D eigenvalue weighted by molar-refractivity contribution is -0.133. The first kappa shape index (κ1) is 28.6. The Bertz CT molecular complexity index is 1490. The summed E-state index contributed by atoms with van der Waals surface area (Å²) in [4.78, 5) is 51.2. The summed E-state index contributed by atoms with van der Waals surface area (Å²) in [5.74, 6) is -0.621. The summed E-state index contributed by atoms with van der Waals surface area (Å²) < 4.78 is 41.6. The average Bonchev–Trinajstić information content (AvgIpc) is 2.91. The number of anilines is 6. The Kier molecular flexibility index (Phi) is 7.76. The highest BCUT2D eigenvalue weighted by atomic mass is 31.2. The molecule has 218 valence electrons. The normalized spacial score (nSPS) is 18.5. The van der Waals surface area contributed by atoms with Crippen molar-refractivity contribution in [1.82, 2.24) is 19.9 Å². The van der Waals surface area contributed by atoms with Crippen LogP contribution in [0, 0.1) is 5.82 Å². The lowest BCUT2D eigenvalue weighted by Crippen LogP contribution is -2.53. The van der Waals surface area contributed by atoms with Gasteiger partial charge in [-0.25, -0.2) is 23.9 Å². The zero-order chi connectivity index (χ0) is 29.4. The molecule has 0 aromatic carbocycles. The predicted molar refractivity (Wildman–Crippen MR) is 145 cm³/mol. The number of halogens is 1. The van der Waals surface area contributed by atoms with Gasteiger partial charge in [-0.3, -0.25) is 14.2 Å². The third-order valence-electron chi connectivity index (χ3n) is 6.23. The molecule has 3 aromatic rings. The van der Waals surface area contributed by atoms with Crippen molar-refractivity contribution >= 4 is 48.6 Å². The van der Waals surface area contributed by atoms with Crippen LogP contribution in [0.4, 0.5) is 39.3 Å². The van der Waals surface area contributed by atoms with Crippen LogP contribution in [0.15, 0.2) is 36.7 Å². The summed E-state index contributed by atoms with van der Waals surface area (Å²) >= 11 is 0. The standard InChI is InChI=1S/C24H28FN8O7P/c1-14-12-38-9-8-32(14)19-7-4-15(10-26-19)28-23-27-11-16(25)20(31-23)29-18-6-5-17-21(30-18)33(13-39-41(35,36)37)22(34)24(2,3)40-17/h4-7,10-11,14H,8-9,12-13H2,1-3H3,(H2,35,36,37)(H2,27,28,29,30,31)/t14-/m0/s1. The number of morpholine rings is 1. The molecule has 0 aliphatic carbocycles. The van der Waals surface area contributed by atoms with Crippen molar-refractivity contribution in [3.05, 3.63) is 42.5 Å². The minimum absolute atomic E-state index is 0.0650. The van der Waals surface area contributed by atoms with Crippen LogP contribution < -0.4 is 25.2 Å². The molecule has 4 N–H and O–H groups in total. The van der Waals surface area contributed by atoms with Gasteiger partial charge in [-0.15, -0.1) is 0 Å². The number of amides is 1. The van der Waals surface area contributed by atoms with E-state index < -0.39 is 31.9 Å². The molecule has 2 aliphatic rings. The van der Waals surface area contributed by atoms with E-state index in [1.54, 1.807) is 6.20 Å². The largest absolute Gasteiger partial charge is 0.474 e. The Balaban J connectivity index is 1.34. The molecule has 17 heteroatoms. The molecule has 2 aliphatic heterocycles. The lowest BCUT2D eigenvalue weighted by atomic mass is 10.1. The third-order valence-corrected chi connectivity index (χ3v) is 6.68. The van der Waals surface area contributed by atoms with Gasteiger partial charge in [-0.2, -0.15) is 4.98 Å². The number of phosphoric ester groups is 1. The molecule has 15 nitrogen and oxygen atoms in total. The molecule has 0 unspecified atom stereocenters. The van der Waals surface area contributed by atoms with Crippen LogP contribution in [-0.4, -0.2) is 73.8 Å². The summed E-state index contributed by atoms with van der Waals surface area (Å²) in [5.41, 5.74) is -0.771. The van der Waals surface area contributed by atoms with Gasteiger partial charge in [0, 0.05) is 6.54 Å². The number of nitrogens with one attached hydrogen (secondary N) is 2. The number of pyridine rings is 2. The van der Waals surface area contributed by atoms with Gasteiger partial charge in [0.1, 0.15) is 18.4 Å². The Morgan fingerprint density at radius 2 is 1.98 bits per heavy atom. The highest BCUT2D eigenvalue weighted by molar-refractivity contribution is 7.46. The van der Waals surface area contributed by atoms with E-state index in [-0.39, 0.29) is 35.2 Å². The van der Waals surface area contributed by atoms with Crippen molar-refractivity contribution in [2.45, 2.75) is 32.4 Å². The molecule has 1 amide bonds. The quantitative estimate of drug-likeness (QED) is 0.281. The first-order valence-corrected chi connectivity index (χ1v) is 14.0. The maximum atomic E-state index is 14.7. The van der Waals surface area contributed by atoms with Crippen LogP contribution in [-0.2, 0) is 18.6 Å². The summed E-state index contributed by atoms with van der Waals surface area (Å²) in [5, 5.41) is 5.72. The zero-order valence-electron chi connectivity index (χ0n) is 22.3. The van der Waals surface area contributed by atoms with E-state index in [0.29, 0.717) is 18.9 Å². The smallest absolute Gasteiger partial charge is 0.471 e. The van der Waals surface area contributed by atoms with Gasteiger partial charge in [0.05, 0.1) is 37.3 Å². The number of fused-ring (bicyclic) bond motifs is 1. The van der Waals surface area contributed by atoms with Crippen LogP contribution in [0.2, 0.25) is 0 Å². The first-order valence-electron chi connectivity index (χ1n) is 12.5. The topological polar surface area (TPSA) is 184 Å². The number of nitrogens with zero attached hydrogens (tertiary/aromatic N) is 6. The van der Waals surface area contributed by atoms with Crippen LogP contribution in [0.1, 0.15) is 20.8 Å². The number of aromatic nitrogens is 4. The van der Waals surface area contributed by atoms with Crippen LogP contribution in [0.5, 0.6) is 5.75 Å². The summed E-state index contributed by atoms with van der Waals surface area (Å²) in [6.45, 7) is 6.25. The highest BCUT2D eigenvalue weighted by Gasteiger charge is 2.42. The molecule has 3 aromatic heterocycles. The number of ether oxygens (including phenoxy) is 2. The monoisotopic (exact) mass is 590 g/mol.